The average Bonchev–Trinajstić information content (AvgIpc) is 3.88. The van der Waals surface area contributed by atoms with Crippen LogP contribution in [0.1, 0.15) is 86.1 Å². The molecule has 0 aliphatic heterocycles. The van der Waals surface area contributed by atoms with Crippen LogP contribution in [0.25, 0.3) is 77.4 Å². The number of thiazole rings is 1. The van der Waals surface area contributed by atoms with Crippen LogP contribution in [0.4, 0.5) is 0 Å². The minimum Gasteiger partial charge on any atom is -0.236 e. The highest BCUT2D eigenvalue weighted by molar-refractivity contribution is 7.21. The Labute approximate surface area is 334 Å². The lowest BCUT2D eigenvalue weighted by Gasteiger charge is -2.25. The van der Waals surface area contributed by atoms with Gasteiger partial charge in [0.2, 0.25) is 0 Å². The SMILES string of the molecule is CC1(C)c2cc(/C=C/c3ccc(-c4ccccc4)cc3)ccc2-c2cc3c(cc21)-c1cc2c(cc1C3(C)C)-c1ccc(-c3nc4ccccc4s3)cc1C2(C)C. The first-order valence-corrected chi connectivity index (χ1v) is 20.7. The molecule has 3 aliphatic carbocycles. The van der Waals surface area contributed by atoms with E-state index < -0.39 is 0 Å². The molecule has 8 aromatic rings. The Kier molecular flexibility index (Phi) is 6.94. The second kappa shape index (κ2) is 11.6. The second-order valence-electron chi connectivity index (χ2n) is 17.6. The molecule has 3 aliphatic rings. The Hall–Kier alpha value is -5.83. The summed E-state index contributed by atoms with van der Waals surface area (Å²) in [6.45, 7) is 14.5. The second-order valence-corrected chi connectivity index (χ2v) is 18.7. The zero-order chi connectivity index (χ0) is 38.1. The van der Waals surface area contributed by atoms with Crippen LogP contribution in [-0.2, 0) is 16.2 Å². The average molecular weight is 738 g/mol. The van der Waals surface area contributed by atoms with Crippen molar-refractivity contribution in [1.82, 2.24) is 4.98 Å². The molecule has 0 radical (unpaired) electrons. The first kappa shape index (κ1) is 33.5. The number of hydrogen-bond donors (Lipinski definition) is 0. The molecule has 1 heterocycles. The van der Waals surface area contributed by atoms with Crippen LogP contribution in [0.2, 0.25) is 0 Å². The minimum atomic E-state index is -0.126. The van der Waals surface area contributed by atoms with Gasteiger partial charge < -0.3 is 0 Å². The largest absolute Gasteiger partial charge is 0.236 e. The van der Waals surface area contributed by atoms with Gasteiger partial charge >= 0.3 is 0 Å². The van der Waals surface area contributed by atoms with Gasteiger partial charge in [-0.05, 0) is 131 Å². The third kappa shape index (κ3) is 4.75. The molecule has 0 unspecified atom stereocenters. The number of para-hydroxylation sites is 1. The molecular formula is C54H43NS. The van der Waals surface area contributed by atoms with Crippen LogP contribution < -0.4 is 0 Å². The Bertz CT molecular complexity index is 2940. The van der Waals surface area contributed by atoms with Crippen molar-refractivity contribution >= 4 is 33.7 Å². The summed E-state index contributed by atoms with van der Waals surface area (Å²) in [4.78, 5) is 5.01. The highest BCUT2D eigenvalue weighted by Crippen LogP contribution is 2.59. The molecule has 56 heavy (non-hydrogen) atoms. The molecular weight excluding hydrogens is 695 g/mol. The summed E-state index contributed by atoms with van der Waals surface area (Å²) in [5.41, 5.74) is 23.7. The Balaban J connectivity index is 0.941. The third-order valence-corrected chi connectivity index (χ3v) is 14.4. The van der Waals surface area contributed by atoms with Gasteiger partial charge in [-0.2, -0.15) is 0 Å². The van der Waals surface area contributed by atoms with E-state index in [0.29, 0.717) is 0 Å². The van der Waals surface area contributed by atoms with Gasteiger partial charge in [-0.1, -0.05) is 151 Å². The third-order valence-electron chi connectivity index (χ3n) is 13.3. The molecule has 0 saturated heterocycles. The molecule has 11 rings (SSSR count). The zero-order valence-electron chi connectivity index (χ0n) is 32.8. The Morgan fingerprint density at radius 1 is 0.393 bits per heavy atom. The zero-order valence-corrected chi connectivity index (χ0v) is 33.6. The van der Waals surface area contributed by atoms with Gasteiger partial charge in [-0.3, -0.25) is 0 Å². The fourth-order valence-corrected chi connectivity index (χ4v) is 11.0. The highest BCUT2D eigenvalue weighted by atomic mass is 32.1. The predicted molar refractivity (Wildman–Crippen MR) is 239 cm³/mol. The van der Waals surface area contributed by atoms with Crippen molar-refractivity contribution in [2.24, 2.45) is 0 Å². The van der Waals surface area contributed by atoms with Crippen LogP contribution in [0.15, 0.2) is 140 Å². The smallest absolute Gasteiger partial charge is 0.124 e. The summed E-state index contributed by atoms with van der Waals surface area (Å²) in [6.07, 6.45) is 4.50. The molecule has 7 aromatic carbocycles. The van der Waals surface area contributed by atoms with Gasteiger partial charge in [0, 0.05) is 21.8 Å². The fourth-order valence-electron chi connectivity index (χ4n) is 10.0. The standard InChI is InChI=1S/C54H43NS/c1-52(2)43-26-33(17-16-32-18-21-35(22-19-32)34-12-8-7-9-13-34)20-24-37(43)39-28-47-41(30-45(39)52)42-31-46-40(29-48(42)54(47,5)6)38-25-23-36(27-44(38)53(46,3)4)51-55-49-14-10-11-15-50(49)56-51/h7-31H,1-6H3/b17-16+. The van der Waals surface area contributed by atoms with E-state index in [1.165, 1.54) is 99.3 Å². The van der Waals surface area contributed by atoms with Gasteiger partial charge in [-0.25, -0.2) is 4.98 Å². The maximum atomic E-state index is 5.01. The van der Waals surface area contributed by atoms with E-state index in [1.807, 2.05) is 0 Å². The first-order valence-electron chi connectivity index (χ1n) is 19.9. The van der Waals surface area contributed by atoms with Gasteiger partial charge in [0.25, 0.3) is 0 Å². The summed E-state index contributed by atoms with van der Waals surface area (Å²) in [5, 5.41) is 1.09. The Morgan fingerprint density at radius 3 is 1.45 bits per heavy atom. The van der Waals surface area contributed by atoms with Crippen molar-refractivity contribution in [2.75, 3.05) is 0 Å². The monoisotopic (exact) mass is 737 g/mol. The van der Waals surface area contributed by atoms with E-state index in [9.17, 15) is 0 Å². The predicted octanol–water partition coefficient (Wildman–Crippen LogP) is 14.7. The van der Waals surface area contributed by atoms with E-state index in [-0.39, 0.29) is 16.2 Å². The molecule has 0 spiro atoms. The van der Waals surface area contributed by atoms with Gasteiger partial charge in [-0.15, -0.1) is 11.3 Å². The minimum absolute atomic E-state index is 0.114. The summed E-state index contributed by atoms with van der Waals surface area (Å²) in [7, 11) is 0. The van der Waals surface area contributed by atoms with Crippen LogP contribution in [0, 0.1) is 0 Å². The normalized spacial score (nSPS) is 16.0. The van der Waals surface area contributed by atoms with Crippen LogP contribution >= 0.6 is 11.3 Å². The number of fused-ring (bicyclic) bond motifs is 10. The number of rotatable bonds is 4. The number of hydrogen-bond acceptors (Lipinski definition) is 2. The maximum Gasteiger partial charge on any atom is 0.124 e. The fraction of sp³-hybridized carbons (Fsp3) is 0.167. The summed E-state index contributed by atoms with van der Waals surface area (Å²) in [6, 6.07) is 52.2. The molecule has 0 N–H and O–H groups in total. The number of benzene rings is 7. The molecule has 1 aromatic heterocycles. The Morgan fingerprint density at radius 2 is 0.839 bits per heavy atom. The van der Waals surface area contributed by atoms with Crippen molar-refractivity contribution < 1.29 is 0 Å². The van der Waals surface area contributed by atoms with E-state index in [4.69, 9.17) is 4.98 Å². The number of aromatic nitrogens is 1. The number of nitrogens with zero attached hydrogens (tertiary/aromatic N) is 1. The molecule has 0 amide bonds. The van der Waals surface area contributed by atoms with Gasteiger partial charge in [0.1, 0.15) is 5.01 Å². The summed E-state index contributed by atoms with van der Waals surface area (Å²) >= 11 is 1.78. The molecule has 1 nitrogen and oxygen atoms in total. The van der Waals surface area contributed by atoms with Crippen molar-refractivity contribution in [2.45, 2.75) is 57.8 Å². The summed E-state index contributed by atoms with van der Waals surface area (Å²) < 4.78 is 1.24. The quantitative estimate of drug-likeness (QED) is 0.164. The van der Waals surface area contributed by atoms with Gasteiger partial charge in [0.15, 0.2) is 0 Å². The first-order chi connectivity index (χ1) is 27.0. The van der Waals surface area contributed by atoms with Crippen molar-refractivity contribution in [3.05, 3.63) is 184 Å². The lowest BCUT2D eigenvalue weighted by Crippen LogP contribution is -2.17. The molecule has 0 fully saturated rings. The van der Waals surface area contributed by atoms with E-state index in [1.54, 1.807) is 11.3 Å². The van der Waals surface area contributed by atoms with E-state index in [2.05, 4.69) is 193 Å². The maximum absolute atomic E-state index is 5.01. The molecule has 270 valence electrons. The highest BCUT2D eigenvalue weighted by Gasteiger charge is 2.44. The molecule has 0 saturated carbocycles. The summed E-state index contributed by atoms with van der Waals surface area (Å²) in [5.74, 6) is 0. The van der Waals surface area contributed by atoms with E-state index >= 15 is 0 Å². The molecule has 0 atom stereocenters. The van der Waals surface area contributed by atoms with Gasteiger partial charge in [0.05, 0.1) is 10.2 Å². The van der Waals surface area contributed by atoms with Crippen molar-refractivity contribution in [3.63, 3.8) is 0 Å². The van der Waals surface area contributed by atoms with Crippen LogP contribution in [0.3, 0.4) is 0 Å². The van der Waals surface area contributed by atoms with Crippen molar-refractivity contribution in [1.29, 1.82) is 0 Å². The van der Waals surface area contributed by atoms with Crippen molar-refractivity contribution in [3.8, 4) is 55.1 Å². The topological polar surface area (TPSA) is 12.9 Å². The molecule has 2 heteroatoms. The van der Waals surface area contributed by atoms with Crippen LogP contribution in [-0.4, -0.2) is 4.98 Å². The van der Waals surface area contributed by atoms with Crippen LogP contribution in [0.5, 0.6) is 0 Å². The molecule has 0 bridgehead atoms. The lowest BCUT2D eigenvalue weighted by molar-refractivity contribution is 0.649. The lowest BCUT2D eigenvalue weighted by atomic mass is 9.78. The van der Waals surface area contributed by atoms with E-state index in [0.717, 1.165) is 10.5 Å².